The van der Waals surface area contributed by atoms with Crippen molar-refractivity contribution in [3.05, 3.63) is 30.6 Å². The van der Waals surface area contributed by atoms with Crippen molar-refractivity contribution in [2.45, 2.75) is 64.2 Å². The number of nitrogens with zero attached hydrogens (tertiary/aromatic N) is 1. The molecule has 0 aromatic carbocycles. The molecule has 23 heavy (non-hydrogen) atoms. The fraction of sp³-hybridized carbons (Fsp3) is 0.706. The van der Waals surface area contributed by atoms with Gasteiger partial charge in [-0.2, -0.15) is 8.42 Å². The molecule has 0 saturated carbocycles. The zero-order valence-electron chi connectivity index (χ0n) is 13.9. The molecular formula is C17H30FNO3S. The van der Waals surface area contributed by atoms with Gasteiger partial charge >= 0.3 is 0 Å². The van der Waals surface area contributed by atoms with Gasteiger partial charge in [0.05, 0.1) is 12.4 Å². The number of unbranched alkanes of at least 4 members (excludes halogenated alkanes) is 9. The van der Waals surface area contributed by atoms with Crippen LogP contribution in [-0.4, -0.2) is 30.4 Å². The van der Waals surface area contributed by atoms with E-state index in [1.165, 1.54) is 19.3 Å². The summed E-state index contributed by atoms with van der Waals surface area (Å²) < 4.78 is 41.1. The summed E-state index contributed by atoms with van der Waals surface area (Å²) in [6.07, 6.45) is 13.4. The van der Waals surface area contributed by atoms with Crippen LogP contribution in [-0.2, 0) is 10.1 Å². The van der Waals surface area contributed by atoms with Gasteiger partial charge < -0.3 is 0 Å². The van der Waals surface area contributed by atoms with Crippen molar-refractivity contribution in [2.24, 2.45) is 0 Å². The molecule has 0 saturated heterocycles. The van der Waals surface area contributed by atoms with Gasteiger partial charge in [-0.3, -0.25) is 13.9 Å². The van der Waals surface area contributed by atoms with E-state index in [0.717, 1.165) is 32.1 Å². The second-order valence-electron chi connectivity index (χ2n) is 5.54. The first-order valence-corrected chi connectivity index (χ1v) is 10.0. The zero-order chi connectivity index (χ0) is 17.2. The predicted octanol–water partition coefficient (Wildman–Crippen LogP) is 4.83. The van der Waals surface area contributed by atoms with Crippen molar-refractivity contribution in [1.29, 1.82) is 0 Å². The fourth-order valence-electron chi connectivity index (χ4n) is 2.11. The fourth-order valence-corrected chi connectivity index (χ4v) is 2.67. The van der Waals surface area contributed by atoms with Crippen molar-refractivity contribution in [2.75, 3.05) is 12.4 Å². The molecule has 1 N–H and O–H groups in total. The highest BCUT2D eigenvalue weighted by Crippen LogP contribution is 2.10. The van der Waals surface area contributed by atoms with Gasteiger partial charge in [0.1, 0.15) is 0 Å². The number of pyridine rings is 1. The molecule has 0 spiro atoms. The Balaban J connectivity index is 0.000000664. The largest absolute Gasteiger partial charge is 0.286 e. The average Bonchev–Trinajstić information content (AvgIpc) is 2.54. The lowest BCUT2D eigenvalue weighted by molar-refractivity contribution is 0.449. The third kappa shape index (κ3) is 21.0. The second kappa shape index (κ2) is 15.9. The van der Waals surface area contributed by atoms with Crippen molar-refractivity contribution >= 4 is 10.1 Å². The smallest absolute Gasteiger partial charge is 0.264 e. The van der Waals surface area contributed by atoms with E-state index in [2.05, 4.69) is 4.98 Å². The minimum atomic E-state index is -3.76. The Morgan fingerprint density at radius 2 is 1.17 bits per heavy atom. The molecule has 0 bridgehead atoms. The highest BCUT2D eigenvalue weighted by Gasteiger charge is 2.02. The van der Waals surface area contributed by atoms with Crippen LogP contribution >= 0.6 is 0 Å². The Bertz CT molecular complexity index is 414. The van der Waals surface area contributed by atoms with Crippen molar-refractivity contribution in [1.82, 2.24) is 4.98 Å². The van der Waals surface area contributed by atoms with E-state index >= 15 is 0 Å². The van der Waals surface area contributed by atoms with E-state index < -0.39 is 10.1 Å². The SMILES string of the molecule is O=S(=O)(O)CCCCCCCCCCCCF.c1ccncc1. The van der Waals surface area contributed by atoms with E-state index in [0.29, 0.717) is 12.8 Å². The number of hydrogen-bond acceptors (Lipinski definition) is 3. The van der Waals surface area contributed by atoms with Gasteiger partial charge in [0.2, 0.25) is 0 Å². The first kappa shape index (κ1) is 22.0. The normalized spacial score (nSPS) is 10.9. The number of hydrogen-bond donors (Lipinski definition) is 1. The first-order chi connectivity index (χ1) is 11.1. The first-order valence-electron chi connectivity index (χ1n) is 8.42. The Morgan fingerprint density at radius 3 is 1.48 bits per heavy atom. The summed E-state index contributed by atoms with van der Waals surface area (Å²) in [6, 6.07) is 5.72. The molecule has 0 amide bonds. The Kier molecular flexibility index (Phi) is 15.2. The van der Waals surface area contributed by atoms with Crippen LogP contribution in [0.4, 0.5) is 4.39 Å². The summed E-state index contributed by atoms with van der Waals surface area (Å²) in [4.78, 5) is 3.78. The topological polar surface area (TPSA) is 67.3 Å². The standard InChI is InChI=1S/C12H25FO3S.C5H5N/c13-11-9-7-5-3-1-2-4-6-8-10-12-17(14,15)16;1-2-4-6-5-3-1/h1-12H2,(H,14,15,16);1-5H. The molecular weight excluding hydrogens is 317 g/mol. The lowest BCUT2D eigenvalue weighted by Crippen LogP contribution is -2.03. The van der Waals surface area contributed by atoms with Crippen LogP contribution in [0.1, 0.15) is 64.2 Å². The van der Waals surface area contributed by atoms with Crippen molar-refractivity contribution in [3.8, 4) is 0 Å². The lowest BCUT2D eigenvalue weighted by Gasteiger charge is -2.01. The Morgan fingerprint density at radius 1 is 0.739 bits per heavy atom. The number of rotatable bonds is 12. The zero-order valence-corrected chi connectivity index (χ0v) is 14.7. The summed E-state index contributed by atoms with van der Waals surface area (Å²) in [6.45, 7) is -0.201. The minimum absolute atomic E-state index is 0.115. The van der Waals surface area contributed by atoms with Crippen LogP contribution in [0.3, 0.4) is 0 Å². The highest BCUT2D eigenvalue weighted by atomic mass is 32.2. The molecule has 1 aromatic heterocycles. The van der Waals surface area contributed by atoms with Crippen LogP contribution in [0.15, 0.2) is 30.6 Å². The maximum absolute atomic E-state index is 11.8. The molecule has 0 unspecified atom stereocenters. The van der Waals surface area contributed by atoms with Gasteiger partial charge in [0.25, 0.3) is 10.1 Å². The van der Waals surface area contributed by atoms with Crippen molar-refractivity contribution in [3.63, 3.8) is 0 Å². The summed E-state index contributed by atoms with van der Waals surface area (Å²) in [5.41, 5.74) is 0. The molecule has 0 aliphatic heterocycles. The third-order valence-electron chi connectivity index (χ3n) is 3.35. The monoisotopic (exact) mass is 347 g/mol. The number of aromatic nitrogens is 1. The quantitative estimate of drug-likeness (QED) is 0.434. The van der Waals surface area contributed by atoms with Gasteiger partial charge in [-0.05, 0) is 25.0 Å². The van der Waals surface area contributed by atoms with Gasteiger partial charge in [0.15, 0.2) is 0 Å². The molecule has 134 valence electrons. The van der Waals surface area contributed by atoms with Crippen LogP contribution in [0, 0.1) is 0 Å². The van der Waals surface area contributed by atoms with E-state index in [1.54, 1.807) is 12.4 Å². The van der Waals surface area contributed by atoms with E-state index in [9.17, 15) is 12.8 Å². The van der Waals surface area contributed by atoms with Gasteiger partial charge in [-0.25, -0.2) is 0 Å². The van der Waals surface area contributed by atoms with Crippen LogP contribution in [0.2, 0.25) is 0 Å². The van der Waals surface area contributed by atoms with E-state index in [4.69, 9.17) is 4.55 Å². The molecule has 0 aliphatic rings. The van der Waals surface area contributed by atoms with Crippen molar-refractivity contribution < 1.29 is 17.4 Å². The highest BCUT2D eigenvalue weighted by molar-refractivity contribution is 7.85. The number of halogens is 1. The van der Waals surface area contributed by atoms with E-state index in [-0.39, 0.29) is 12.4 Å². The summed E-state index contributed by atoms with van der Waals surface area (Å²) in [5.74, 6) is -0.115. The van der Waals surface area contributed by atoms with Crippen LogP contribution in [0.5, 0.6) is 0 Å². The second-order valence-corrected chi connectivity index (χ2v) is 7.11. The molecule has 1 rings (SSSR count). The molecule has 1 aromatic rings. The van der Waals surface area contributed by atoms with Gasteiger partial charge in [0, 0.05) is 12.4 Å². The third-order valence-corrected chi connectivity index (χ3v) is 4.16. The molecule has 6 heteroatoms. The van der Waals surface area contributed by atoms with Crippen LogP contribution < -0.4 is 0 Å². The maximum atomic E-state index is 11.8. The molecule has 4 nitrogen and oxygen atoms in total. The summed E-state index contributed by atoms with van der Waals surface area (Å²) >= 11 is 0. The van der Waals surface area contributed by atoms with Crippen LogP contribution in [0.25, 0.3) is 0 Å². The molecule has 0 aliphatic carbocycles. The molecule has 0 radical (unpaired) electrons. The van der Waals surface area contributed by atoms with Gasteiger partial charge in [-0.15, -0.1) is 0 Å². The molecule has 0 atom stereocenters. The maximum Gasteiger partial charge on any atom is 0.264 e. The summed E-state index contributed by atoms with van der Waals surface area (Å²) in [5, 5.41) is 0. The number of alkyl halides is 1. The Hall–Kier alpha value is -1.01. The van der Waals surface area contributed by atoms with Gasteiger partial charge in [-0.1, -0.05) is 57.4 Å². The minimum Gasteiger partial charge on any atom is -0.286 e. The summed E-state index contributed by atoms with van der Waals surface area (Å²) in [7, 11) is -3.76. The molecule has 0 fully saturated rings. The molecule has 1 heterocycles. The van der Waals surface area contributed by atoms with E-state index in [1.807, 2.05) is 18.2 Å². The lowest BCUT2D eigenvalue weighted by atomic mass is 10.1. The predicted molar refractivity (Wildman–Crippen MR) is 92.8 cm³/mol. The average molecular weight is 347 g/mol. The Labute approximate surface area is 140 Å².